The minimum atomic E-state index is -0.822. The third-order valence-electron chi connectivity index (χ3n) is 4.12. The molecule has 1 fully saturated rings. The molecule has 1 heterocycles. The van der Waals surface area contributed by atoms with Crippen molar-refractivity contribution in [3.05, 3.63) is 34.1 Å². The van der Waals surface area contributed by atoms with E-state index in [1.807, 2.05) is 6.92 Å². The maximum Gasteiger partial charge on any atom is 0.411 e. The van der Waals surface area contributed by atoms with Crippen LogP contribution in [0.5, 0.6) is 0 Å². The molecule has 2 rings (SSSR count). The summed E-state index contributed by atoms with van der Waals surface area (Å²) in [6, 6.07) is 3.01. The van der Waals surface area contributed by atoms with Crippen molar-refractivity contribution in [3.63, 3.8) is 0 Å². The monoisotopic (exact) mass is 443 g/mol. The maximum atomic E-state index is 13.8. The molecule has 2 atom stereocenters. The highest BCUT2D eigenvalue weighted by Crippen LogP contribution is 2.27. The van der Waals surface area contributed by atoms with Crippen LogP contribution in [0.15, 0.2) is 22.7 Å². The smallest absolute Gasteiger partial charge is 0.411 e. The number of nitrogens with zero attached hydrogens (tertiary/aromatic N) is 1. The van der Waals surface area contributed by atoms with Crippen LogP contribution in [0.4, 0.5) is 9.18 Å². The van der Waals surface area contributed by atoms with E-state index in [2.05, 4.69) is 15.9 Å². The molecule has 0 bridgehead atoms. The highest BCUT2D eigenvalue weighted by atomic mass is 79.9. The molecule has 1 aliphatic rings. The Bertz CT molecular complexity index is 746. The molecular formula is C19H23BrFNO5. The Morgan fingerprint density at radius 2 is 1.93 bits per heavy atom. The normalized spacial score (nSPS) is 19.7. The molecule has 1 aromatic rings. The Labute approximate surface area is 166 Å². The standard InChI is InChI=1S/C19H23BrFNO5/c1-11-5-8-15(22(11)18(25)27-19(2,3)4)17(24)26-10-16(23)13-7-6-12(20)9-14(13)21/h6-7,9,11,15H,5,8,10H2,1-4H3/t11-,15-/m0/s1. The molecule has 0 saturated carbocycles. The molecule has 6 nitrogen and oxygen atoms in total. The summed E-state index contributed by atoms with van der Waals surface area (Å²) in [6.07, 6.45) is 0.439. The Kier molecular flexibility index (Phi) is 6.62. The minimum absolute atomic E-state index is 0.158. The molecule has 1 saturated heterocycles. The number of amides is 1. The number of ketones is 1. The van der Waals surface area contributed by atoms with Crippen molar-refractivity contribution in [1.82, 2.24) is 4.90 Å². The van der Waals surface area contributed by atoms with E-state index in [0.717, 1.165) is 6.07 Å². The number of carbonyl (C=O) groups is 3. The second-order valence-corrected chi connectivity index (χ2v) is 8.40. The van der Waals surface area contributed by atoms with Gasteiger partial charge in [0.15, 0.2) is 6.61 Å². The van der Waals surface area contributed by atoms with Gasteiger partial charge >= 0.3 is 12.1 Å². The molecule has 27 heavy (non-hydrogen) atoms. The number of benzene rings is 1. The van der Waals surface area contributed by atoms with Crippen molar-refractivity contribution in [1.29, 1.82) is 0 Å². The molecule has 1 aromatic carbocycles. The van der Waals surface area contributed by atoms with Gasteiger partial charge in [0.2, 0.25) is 5.78 Å². The third kappa shape index (κ3) is 5.51. The van der Waals surface area contributed by atoms with Gasteiger partial charge in [-0.05, 0) is 58.7 Å². The van der Waals surface area contributed by atoms with Crippen LogP contribution in [0.25, 0.3) is 0 Å². The van der Waals surface area contributed by atoms with Crippen molar-refractivity contribution >= 4 is 33.8 Å². The number of esters is 1. The zero-order valence-electron chi connectivity index (χ0n) is 15.8. The molecular weight excluding hydrogens is 421 g/mol. The first-order valence-corrected chi connectivity index (χ1v) is 9.45. The zero-order chi connectivity index (χ0) is 20.4. The number of ether oxygens (including phenoxy) is 2. The van der Waals surface area contributed by atoms with E-state index < -0.39 is 41.9 Å². The van der Waals surface area contributed by atoms with Crippen LogP contribution < -0.4 is 0 Å². The van der Waals surface area contributed by atoms with E-state index in [4.69, 9.17) is 9.47 Å². The largest absolute Gasteiger partial charge is 0.456 e. The van der Waals surface area contributed by atoms with Crippen LogP contribution in [-0.2, 0) is 14.3 Å². The maximum absolute atomic E-state index is 13.8. The second-order valence-electron chi connectivity index (χ2n) is 7.48. The van der Waals surface area contributed by atoms with Crippen molar-refractivity contribution in [2.45, 2.75) is 58.2 Å². The van der Waals surface area contributed by atoms with Crippen LogP contribution >= 0.6 is 15.9 Å². The Hall–Kier alpha value is -1.96. The van der Waals surface area contributed by atoms with Crippen molar-refractivity contribution in [3.8, 4) is 0 Å². The third-order valence-corrected chi connectivity index (χ3v) is 4.62. The summed E-state index contributed by atoms with van der Waals surface area (Å²) >= 11 is 3.11. The van der Waals surface area contributed by atoms with Gasteiger partial charge in [-0.2, -0.15) is 0 Å². The Morgan fingerprint density at radius 1 is 1.26 bits per heavy atom. The summed E-state index contributed by atoms with van der Waals surface area (Å²) in [5.41, 5.74) is -0.849. The van der Waals surface area contributed by atoms with Gasteiger partial charge < -0.3 is 9.47 Å². The van der Waals surface area contributed by atoms with E-state index in [1.165, 1.54) is 17.0 Å². The van der Waals surface area contributed by atoms with Crippen LogP contribution in [0, 0.1) is 5.82 Å². The first kappa shape index (κ1) is 21.3. The zero-order valence-corrected chi connectivity index (χ0v) is 17.3. The highest BCUT2D eigenvalue weighted by Gasteiger charge is 2.42. The molecule has 1 amide bonds. The molecule has 0 aromatic heterocycles. The average Bonchev–Trinajstić information content (AvgIpc) is 2.92. The second kappa shape index (κ2) is 8.37. The number of halogens is 2. The van der Waals surface area contributed by atoms with E-state index in [0.29, 0.717) is 17.3 Å². The number of likely N-dealkylation sites (tertiary alicyclic amines) is 1. The minimum Gasteiger partial charge on any atom is -0.456 e. The lowest BCUT2D eigenvalue weighted by Gasteiger charge is -2.30. The summed E-state index contributed by atoms with van der Waals surface area (Å²) in [6.45, 7) is 6.45. The van der Waals surface area contributed by atoms with Gasteiger partial charge in [0, 0.05) is 10.5 Å². The number of hydrogen-bond donors (Lipinski definition) is 0. The first-order valence-electron chi connectivity index (χ1n) is 8.66. The van der Waals surface area contributed by atoms with Gasteiger partial charge in [-0.3, -0.25) is 9.69 Å². The SMILES string of the molecule is C[C@H]1CC[C@@H](C(=O)OCC(=O)c2ccc(Br)cc2F)N1C(=O)OC(C)(C)C. The number of rotatable bonds is 4. The lowest BCUT2D eigenvalue weighted by molar-refractivity contribution is -0.148. The van der Waals surface area contributed by atoms with Crippen LogP contribution in [-0.4, -0.2) is 47.0 Å². The van der Waals surface area contributed by atoms with Crippen molar-refractivity contribution < 1.29 is 28.2 Å². The van der Waals surface area contributed by atoms with Crippen LogP contribution in [0.2, 0.25) is 0 Å². The molecule has 148 valence electrons. The van der Waals surface area contributed by atoms with Crippen LogP contribution in [0.3, 0.4) is 0 Å². The van der Waals surface area contributed by atoms with Gasteiger partial charge in [0.1, 0.15) is 17.5 Å². The van der Waals surface area contributed by atoms with Gasteiger partial charge in [-0.25, -0.2) is 14.0 Å². The summed E-state index contributed by atoms with van der Waals surface area (Å²) in [5.74, 6) is -2.05. The van der Waals surface area contributed by atoms with E-state index in [9.17, 15) is 18.8 Å². The van der Waals surface area contributed by atoms with E-state index >= 15 is 0 Å². The van der Waals surface area contributed by atoms with Gasteiger partial charge in [-0.1, -0.05) is 15.9 Å². The first-order chi connectivity index (χ1) is 12.5. The highest BCUT2D eigenvalue weighted by molar-refractivity contribution is 9.10. The van der Waals surface area contributed by atoms with Crippen molar-refractivity contribution in [2.24, 2.45) is 0 Å². The average molecular weight is 444 g/mol. The number of carbonyl (C=O) groups excluding carboxylic acids is 3. The molecule has 0 aliphatic carbocycles. The number of Topliss-reactive ketones (excluding diaryl/α,β-unsaturated/α-hetero) is 1. The summed E-state index contributed by atoms with van der Waals surface area (Å²) in [7, 11) is 0. The van der Waals surface area contributed by atoms with Gasteiger partial charge in [-0.15, -0.1) is 0 Å². The lowest BCUT2D eigenvalue weighted by atomic mass is 10.1. The van der Waals surface area contributed by atoms with Crippen molar-refractivity contribution in [2.75, 3.05) is 6.61 Å². The molecule has 8 heteroatoms. The van der Waals surface area contributed by atoms with Crippen LogP contribution in [0.1, 0.15) is 50.9 Å². The predicted octanol–water partition coefficient (Wildman–Crippen LogP) is 4.10. The van der Waals surface area contributed by atoms with E-state index in [1.54, 1.807) is 20.8 Å². The molecule has 0 N–H and O–H groups in total. The van der Waals surface area contributed by atoms with Gasteiger partial charge in [0.25, 0.3) is 0 Å². The summed E-state index contributed by atoms with van der Waals surface area (Å²) in [5, 5.41) is 0. The molecule has 1 aliphatic heterocycles. The summed E-state index contributed by atoms with van der Waals surface area (Å²) in [4.78, 5) is 38.3. The fraction of sp³-hybridized carbons (Fsp3) is 0.526. The number of hydrogen-bond acceptors (Lipinski definition) is 5. The Balaban J connectivity index is 2.01. The van der Waals surface area contributed by atoms with Gasteiger partial charge in [0.05, 0.1) is 5.56 Å². The molecule has 0 spiro atoms. The van der Waals surface area contributed by atoms with E-state index in [-0.39, 0.29) is 11.6 Å². The summed E-state index contributed by atoms with van der Waals surface area (Å²) < 4.78 is 24.8. The quantitative estimate of drug-likeness (QED) is 0.517. The molecule has 0 unspecified atom stereocenters. The predicted molar refractivity (Wildman–Crippen MR) is 99.9 cm³/mol. The molecule has 0 radical (unpaired) electrons. The fourth-order valence-electron chi connectivity index (χ4n) is 2.86. The Morgan fingerprint density at radius 3 is 2.52 bits per heavy atom. The fourth-order valence-corrected chi connectivity index (χ4v) is 3.20. The topological polar surface area (TPSA) is 72.9 Å². The lowest BCUT2D eigenvalue weighted by Crippen LogP contribution is -2.47.